The molecule has 0 radical (unpaired) electrons. The number of para-hydroxylation sites is 1. The van der Waals surface area contributed by atoms with Gasteiger partial charge in [0.2, 0.25) is 0 Å². The smallest absolute Gasteiger partial charge is 0.326 e. The Morgan fingerprint density at radius 3 is 2.44 bits per heavy atom. The average molecular weight is 223 g/mol. The fourth-order valence-electron chi connectivity index (χ4n) is 1.30. The summed E-state index contributed by atoms with van der Waals surface area (Å²) in [5.74, 6) is -2.32. The summed E-state index contributed by atoms with van der Waals surface area (Å²) in [6.07, 6.45) is -0.455. The van der Waals surface area contributed by atoms with E-state index in [1.807, 2.05) is 19.1 Å². The van der Waals surface area contributed by atoms with Gasteiger partial charge in [-0.05, 0) is 18.6 Å². The molecule has 0 amide bonds. The maximum Gasteiger partial charge on any atom is 0.326 e. The largest absolute Gasteiger partial charge is 0.481 e. The van der Waals surface area contributed by atoms with Crippen LogP contribution in [0.2, 0.25) is 0 Å². The predicted octanol–water partition coefficient (Wildman–Crippen LogP) is 1.33. The molecule has 1 aromatic carbocycles. The lowest BCUT2D eigenvalue weighted by Crippen LogP contribution is -2.31. The van der Waals surface area contributed by atoms with Gasteiger partial charge in [0.15, 0.2) is 0 Å². The highest BCUT2D eigenvalue weighted by molar-refractivity contribution is 5.83. The van der Waals surface area contributed by atoms with Crippen LogP contribution >= 0.6 is 0 Å². The van der Waals surface area contributed by atoms with Crippen molar-refractivity contribution in [3.8, 4) is 0 Å². The van der Waals surface area contributed by atoms with Crippen LogP contribution in [0.15, 0.2) is 24.3 Å². The number of nitrogens with one attached hydrogen (secondary N) is 1. The number of carboxylic acids is 2. The lowest BCUT2D eigenvalue weighted by molar-refractivity contribution is -0.144. The molecule has 3 N–H and O–H groups in total. The van der Waals surface area contributed by atoms with Gasteiger partial charge in [0.1, 0.15) is 6.04 Å². The second-order valence-electron chi connectivity index (χ2n) is 3.45. The van der Waals surface area contributed by atoms with E-state index in [-0.39, 0.29) is 0 Å². The van der Waals surface area contributed by atoms with E-state index in [1.165, 1.54) is 0 Å². The Hall–Kier alpha value is -2.04. The zero-order chi connectivity index (χ0) is 12.1. The van der Waals surface area contributed by atoms with Crippen LogP contribution in [-0.4, -0.2) is 28.2 Å². The summed E-state index contributed by atoms with van der Waals surface area (Å²) in [6.45, 7) is 1.82. The number of carboxylic acid groups (broad SMARTS) is 2. The summed E-state index contributed by atoms with van der Waals surface area (Å²) in [5, 5.41) is 20.1. The van der Waals surface area contributed by atoms with Gasteiger partial charge in [-0.15, -0.1) is 0 Å². The molecule has 0 aliphatic carbocycles. The lowest BCUT2D eigenvalue weighted by Gasteiger charge is -2.15. The first kappa shape index (κ1) is 12.0. The van der Waals surface area contributed by atoms with Crippen molar-refractivity contribution in [2.24, 2.45) is 0 Å². The number of aryl methyl sites for hydroxylation is 1. The van der Waals surface area contributed by atoms with Crippen molar-refractivity contribution in [3.05, 3.63) is 29.8 Å². The van der Waals surface area contributed by atoms with Gasteiger partial charge in [-0.25, -0.2) is 4.79 Å². The van der Waals surface area contributed by atoms with Crippen molar-refractivity contribution in [2.75, 3.05) is 5.32 Å². The second-order valence-corrected chi connectivity index (χ2v) is 3.45. The van der Waals surface area contributed by atoms with Gasteiger partial charge in [-0.1, -0.05) is 18.2 Å². The third kappa shape index (κ3) is 3.27. The minimum absolute atomic E-state index is 0.455. The number of carbonyl (C=O) groups is 2. The van der Waals surface area contributed by atoms with E-state index in [0.29, 0.717) is 5.69 Å². The second kappa shape index (κ2) is 5.16. The zero-order valence-electron chi connectivity index (χ0n) is 8.80. The molecule has 0 bridgehead atoms. The number of aliphatic carboxylic acids is 2. The predicted molar refractivity (Wildman–Crippen MR) is 58.5 cm³/mol. The first-order valence-electron chi connectivity index (χ1n) is 4.77. The van der Waals surface area contributed by atoms with Crippen molar-refractivity contribution in [1.82, 2.24) is 0 Å². The van der Waals surface area contributed by atoms with Gasteiger partial charge < -0.3 is 15.5 Å². The molecular formula is C11H13NO4. The van der Waals surface area contributed by atoms with Crippen LogP contribution < -0.4 is 5.32 Å². The molecule has 5 nitrogen and oxygen atoms in total. The Labute approximate surface area is 92.7 Å². The molecule has 5 heteroatoms. The van der Waals surface area contributed by atoms with Crippen LogP contribution in [-0.2, 0) is 9.59 Å². The van der Waals surface area contributed by atoms with Crippen molar-refractivity contribution < 1.29 is 19.8 Å². The molecule has 0 aliphatic rings. The van der Waals surface area contributed by atoms with Crippen LogP contribution in [0.4, 0.5) is 5.69 Å². The average Bonchev–Trinajstić information content (AvgIpc) is 2.19. The summed E-state index contributed by atoms with van der Waals surface area (Å²) in [5.41, 5.74) is 1.51. The van der Waals surface area contributed by atoms with Crippen LogP contribution in [0, 0.1) is 6.92 Å². The maximum absolute atomic E-state index is 10.8. The molecular weight excluding hydrogens is 210 g/mol. The fourth-order valence-corrected chi connectivity index (χ4v) is 1.30. The number of rotatable bonds is 5. The van der Waals surface area contributed by atoms with E-state index in [0.717, 1.165) is 5.56 Å². The van der Waals surface area contributed by atoms with Crippen molar-refractivity contribution in [2.45, 2.75) is 19.4 Å². The molecule has 1 atom stereocenters. The Kier molecular flexibility index (Phi) is 3.88. The van der Waals surface area contributed by atoms with Crippen molar-refractivity contribution in [1.29, 1.82) is 0 Å². The molecule has 0 heterocycles. The van der Waals surface area contributed by atoms with Crippen LogP contribution in [0.3, 0.4) is 0 Å². The highest BCUT2D eigenvalue weighted by atomic mass is 16.4. The minimum atomic E-state index is -1.18. The molecule has 86 valence electrons. The quantitative estimate of drug-likeness (QED) is 0.701. The van der Waals surface area contributed by atoms with E-state index in [2.05, 4.69) is 5.32 Å². The zero-order valence-corrected chi connectivity index (χ0v) is 8.80. The van der Waals surface area contributed by atoms with Crippen molar-refractivity contribution >= 4 is 17.6 Å². The maximum atomic E-state index is 10.8. The molecule has 0 saturated heterocycles. The summed E-state index contributed by atoms with van der Waals surface area (Å²) in [6, 6.07) is 6.01. The van der Waals surface area contributed by atoms with Gasteiger partial charge in [-0.2, -0.15) is 0 Å². The van der Waals surface area contributed by atoms with Gasteiger partial charge in [0.25, 0.3) is 0 Å². The summed E-state index contributed by atoms with van der Waals surface area (Å²) in [4.78, 5) is 21.3. The summed E-state index contributed by atoms with van der Waals surface area (Å²) < 4.78 is 0. The number of hydrogen-bond acceptors (Lipinski definition) is 3. The SMILES string of the molecule is Cc1ccccc1NC(CC(=O)O)C(=O)O. The first-order valence-corrected chi connectivity index (χ1v) is 4.77. The number of anilines is 1. The summed E-state index contributed by atoms with van der Waals surface area (Å²) in [7, 11) is 0. The molecule has 0 aromatic heterocycles. The minimum Gasteiger partial charge on any atom is -0.481 e. The topological polar surface area (TPSA) is 86.6 Å². The monoisotopic (exact) mass is 223 g/mol. The lowest BCUT2D eigenvalue weighted by atomic mass is 10.1. The van der Waals surface area contributed by atoms with Gasteiger partial charge in [-0.3, -0.25) is 4.79 Å². The summed E-state index contributed by atoms with van der Waals surface area (Å²) >= 11 is 0. The first-order chi connectivity index (χ1) is 7.50. The van der Waals surface area contributed by atoms with E-state index in [4.69, 9.17) is 10.2 Å². The molecule has 1 unspecified atom stereocenters. The number of hydrogen-bond donors (Lipinski definition) is 3. The van der Waals surface area contributed by atoms with Gasteiger partial charge in [0.05, 0.1) is 6.42 Å². The molecule has 0 spiro atoms. The third-order valence-electron chi connectivity index (χ3n) is 2.15. The molecule has 1 aromatic rings. The van der Waals surface area contributed by atoms with E-state index < -0.39 is 24.4 Å². The Morgan fingerprint density at radius 2 is 1.94 bits per heavy atom. The van der Waals surface area contributed by atoms with E-state index in [9.17, 15) is 9.59 Å². The van der Waals surface area contributed by atoms with Crippen LogP contribution in [0.1, 0.15) is 12.0 Å². The standard InChI is InChI=1S/C11H13NO4/c1-7-4-2-3-5-8(7)12-9(11(15)16)6-10(13)14/h2-5,9,12H,6H2,1H3,(H,13,14)(H,15,16). The molecule has 0 fully saturated rings. The van der Waals surface area contributed by atoms with Crippen LogP contribution in [0.25, 0.3) is 0 Å². The van der Waals surface area contributed by atoms with Gasteiger partial charge >= 0.3 is 11.9 Å². The highest BCUT2D eigenvalue weighted by Crippen LogP contribution is 2.15. The van der Waals surface area contributed by atoms with Crippen LogP contribution in [0.5, 0.6) is 0 Å². The molecule has 0 saturated carbocycles. The number of benzene rings is 1. The van der Waals surface area contributed by atoms with E-state index in [1.54, 1.807) is 12.1 Å². The molecule has 0 aliphatic heterocycles. The fraction of sp³-hybridized carbons (Fsp3) is 0.273. The Balaban J connectivity index is 2.80. The van der Waals surface area contributed by atoms with E-state index >= 15 is 0 Å². The molecule has 16 heavy (non-hydrogen) atoms. The Bertz CT molecular complexity index is 403. The van der Waals surface area contributed by atoms with Gasteiger partial charge in [0, 0.05) is 5.69 Å². The third-order valence-corrected chi connectivity index (χ3v) is 2.15. The highest BCUT2D eigenvalue weighted by Gasteiger charge is 2.20. The normalized spacial score (nSPS) is 11.8. The molecule has 1 rings (SSSR count). The van der Waals surface area contributed by atoms with Crippen molar-refractivity contribution in [3.63, 3.8) is 0 Å². The Morgan fingerprint density at radius 1 is 1.31 bits per heavy atom.